The highest BCUT2D eigenvalue weighted by Gasteiger charge is 2.51. The molecule has 1 fully saturated rings. The van der Waals surface area contributed by atoms with Gasteiger partial charge in [-0.3, -0.25) is 18.6 Å². The van der Waals surface area contributed by atoms with Gasteiger partial charge in [-0.25, -0.2) is 4.57 Å². The molecule has 61 heavy (non-hydrogen) atoms. The van der Waals surface area contributed by atoms with E-state index in [1.807, 2.05) is 12.2 Å². The van der Waals surface area contributed by atoms with Crippen molar-refractivity contribution < 1.29 is 63.1 Å². The fourth-order valence-electron chi connectivity index (χ4n) is 6.87. The first-order valence-electron chi connectivity index (χ1n) is 23.4. The van der Waals surface area contributed by atoms with Crippen LogP contribution in [0.5, 0.6) is 0 Å². The predicted octanol–water partition coefficient (Wildman–Crippen LogP) is 9.17. The van der Waals surface area contributed by atoms with Gasteiger partial charge in [0, 0.05) is 12.8 Å². The molecule has 0 radical (unpaired) electrons. The summed E-state index contributed by atoms with van der Waals surface area (Å²) >= 11 is 0. The minimum absolute atomic E-state index is 0.0213. The molecule has 0 aromatic heterocycles. The number of aliphatic hydroxyl groups is 5. The van der Waals surface area contributed by atoms with E-state index in [0.717, 1.165) is 44.9 Å². The molecule has 0 spiro atoms. The zero-order valence-electron chi connectivity index (χ0n) is 37.4. The Morgan fingerprint density at radius 3 is 1.39 bits per heavy atom. The molecule has 0 aliphatic heterocycles. The third kappa shape index (κ3) is 29.7. The molecular weight excluding hydrogens is 803 g/mol. The van der Waals surface area contributed by atoms with Crippen LogP contribution in [0.25, 0.3) is 0 Å². The number of phosphoric ester groups is 1. The monoisotopic (exact) mass is 887 g/mol. The second kappa shape index (κ2) is 37.2. The van der Waals surface area contributed by atoms with Crippen LogP contribution >= 0.6 is 7.82 Å². The van der Waals surface area contributed by atoms with E-state index in [9.17, 15) is 44.6 Å². The van der Waals surface area contributed by atoms with Gasteiger partial charge in [0.05, 0.1) is 6.61 Å². The van der Waals surface area contributed by atoms with Crippen LogP contribution in [-0.2, 0) is 32.7 Å². The fraction of sp³-hybridized carbons (Fsp3) is 0.787. The molecule has 13 nitrogen and oxygen atoms in total. The van der Waals surface area contributed by atoms with Crippen LogP contribution < -0.4 is 0 Å². The summed E-state index contributed by atoms with van der Waals surface area (Å²) in [5.74, 6) is -1.16. The standard InChI is InChI=1S/C47H83O13P/c1-3-5-7-9-11-13-15-17-19-20-22-24-26-28-30-32-34-36-41(49)59-39(38-58-61(55,56)60-47-45(53)43(51)42(50)44(52)46(47)54)37-57-40(48)35-33-31-29-27-25-23-21-18-16-14-12-10-8-6-4-2/h11,13,17,19,22,24,28,30,39,42-47,50-54H,3-10,12,14-16,18,20-21,23,25-27,29,31-38H2,1-2H3,(H,55,56)/b13-11+,19-17+,24-22+,30-28+/t39-,42?,43+,44?,45?,46?,47?/m1/s1. The summed E-state index contributed by atoms with van der Waals surface area (Å²) in [5.41, 5.74) is 0. The Bertz CT molecular complexity index is 1250. The largest absolute Gasteiger partial charge is 0.472 e. The maximum absolute atomic E-state index is 12.8. The van der Waals surface area contributed by atoms with Gasteiger partial charge in [-0.15, -0.1) is 0 Å². The van der Waals surface area contributed by atoms with Gasteiger partial charge in [0.1, 0.15) is 43.2 Å². The zero-order valence-corrected chi connectivity index (χ0v) is 38.3. The molecule has 14 heteroatoms. The highest BCUT2D eigenvalue weighted by Crippen LogP contribution is 2.47. The van der Waals surface area contributed by atoms with Crippen molar-refractivity contribution in [3.8, 4) is 0 Å². The molecule has 0 amide bonds. The van der Waals surface area contributed by atoms with E-state index >= 15 is 0 Å². The van der Waals surface area contributed by atoms with E-state index in [2.05, 4.69) is 50.3 Å². The number of aliphatic hydroxyl groups excluding tert-OH is 5. The summed E-state index contributed by atoms with van der Waals surface area (Å²) in [6.07, 6.45) is 30.3. The lowest BCUT2D eigenvalue weighted by Crippen LogP contribution is -2.64. The van der Waals surface area contributed by atoms with Gasteiger partial charge < -0.3 is 39.9 Å². The van der Waals surface area contributed by atoms with Crippen LogP contribution in [0.1, 0.15) is 181 Å². The number of hydrogen-bond acceptors (Lipinski definition) is 12. The van der Waals surface area contributed by atoms with Crippen LogP contribution in [0.15, 0.2) is 48.6 Å². The number of rotatable bonds is 38. The molecule has 0 aromatic rings. The first-order chi connectivity index (χ1) is 29.4. The Hall–Kier alpha value is -2.19. The molecule has 6 unspecified atom stereocenters. The summed E-state index contributed by atoms with van der Waals surface area (Å²) in [4.78, 5) is 35.7. The van der Waals surface area contributed by atoms with Crippen LogP contribution in [0.3, 0.4) is 0 Å². The van der Waals surface area contributed by atoms with Gasteiger partial charge in [0.2, 0.25) is 0 Å². The van der Waals surface area contributed by atoms with E-state index in [4.69, 9.17) is 18.5 Å². The van der Waals surface area contributed by atoms with E-state index in [1.165, 1.54) is 89.9 Å². The molecule has 1 rings (SSSR count). The molecule has 0 aromatic carbocycles. The summed E-state index contributed by atoms with van der Waals surface area (Å²) in [6, 6.07) is 0. The second-order valence-corrected chi connectivity index (χ2v) is 17.7. The molecule has 1 aliphatic carbocycles. The molecule has 1 saturated carbocycles. The van der Waals surface area contributed by atoms with Crippen molar-refractivity contribution in [1.82, 2.24) is 0 Å². The molecule has 0 heterocycles. The molecular formula is C47H83O13P. The van der Waals surface area contributed by atoms with E-state index < -0.39 is 75.7 Å². The van der Waals surface area contributed by atoms with Crippen molar-refractivity contribution in [2.45, 2.75) is 224 Å². The number of ether oxygens (including phenoxy) is 2. The fourth-order valence-corrected chi connectivity index (χ4v) is 7.84. The highest BCUT2D eigenvalue weighted by molar-refractivity contribution is 7.47. The van der Waals surface area contributed by atoms with Gasteiger partial charge in [-0.2, -0.15) is 0 Å². The van der Waals surface area contributed by atoms with E-state index in [0.29, 0.717) is 19.3 Å². The first kappa shape index (κ1) is 56.8. The van der Waals surface area contributed by atoms with Gasteiger partial charge in [-0.1, -0.05) is 165 Å². The van der Waals surface area contributed by atoms with Crippen LogP contribution in [0, 0.1) is 0 Å². The van der Waals surface area contributed by atoms with Crippen molar-refractivity contribution in [3.05, 3.63) is 48.6 Å². The van der Waals surface area contributed by atoms with Gasteiger partial charge in [0.25, 0.3) is 0 Å². The summed E-state index contributed by atoms with van der Waals surface area (Å²) in [6.45, 7) is 3.23. The average Bonchev–Trinajstić information content (AvgIpc) is 3.24. The smallest absolute Gasteiger partial charge is 0.462 e. The summed E-state index contributed by atoms with van der Waals surface area (Å²) < 4.78 is 33.5. The minimum Gasteiger partial charge on any atom is -0.462 e. The number of esters is 2. The number of hydrogen-bond donors (Lipinski definition) is 6. The zero-order chi connectivity index (χ0) is 45.0. The molecule has 0 saturated heterocycles. The Morgan fingerprint density at radius 2 is 0.902 bits per heavy atom. The van der Waals surface area contributed by atoms with Gasteiger partial charge >= 0.3 is 19.8 Å². The quantitative estimate of drug-likeness (QED) is 0.0148. The van der Waals surface area contributed by atoms with Gasteiger partial charge in [-0.05, 0) is 51.4 Å². The Kier molecular flexibility index (Phi) is 34.7. The topological polar surface area (TPSA) is 210 Å². The van der Waals surface area contributed by atoms with E-state index in [1.54, 1.807) is 0 Å². The van der Waals surface area contributed by atoms with Crippen LogP contribution in [-0.4, -0.2) is 98.3 Å². The van der Waals surface area contributed by atoms with Crippen molar-refractivity contribution in [1.29, 1.82) is 0 Å². The molecule has 354 valence electrons. The maximum Gasteiger partial charge on any atom is 0.472 e. The normalized spacial score (nSPS) is 22.4. The Labute approximate surface area is 367 Å². The number of phosphoric acid groups is 1. The average molecular weight is 887 g/mol. The Balaban J connectivity index is 2.50. The van der Waals surface area contributed by atoms with Gasteiger partial charge in [0.15, 0.2) is 6.10 Å². The molecule has 1 aliphatic rings. The maximum atomic E-state index is 12.8. The molecule has 8 atom stereocenters. The van der Waals surface area contributed by atoms with E-state index in [-0.39, 0.29) is 12.8 Å². The third-order valence-corrected chi connectivity index (χ3v) is 11.7. The lowest BCUT2D eigenvalue weighted by Gasteiger charge is -2.41. The summed E-state index contributed by atoms with van der Waals surface area (Å²) in [5, 5.41) is 50.1. The van der Waals surface area contributed by atoms with Crippen molar-refractivity contribution >= 4 is 19.8 Å². The molecule has 0 bridgehead atoms. The predicted molar refractivity (Wildman–Crippen MR) is 239 cm³/mol. The molecule has 6 N–H and O–H groups in total. The number of allylic oxidation sites excluding steroid dienone is 8. The highest BCUT2D eigenvalue weighted by atomic mass is 31.2. The number of unbranched alkanes of at least 4 members (excludes halogenated alkanes) is 18. The lowest BCUT2D eigenvalue weighted by molar-refractivity contribution is -0.220. The van der Waals surface area contributed by atoms with Crippen LogP contribution in [0.4, 0.5) is 0 Å². The third-order valence-electron chi connectivity index (χ3n) is 10.7. The summed E-state index contributed by atoms with van der Waals surface area (Å²) in [7, 11) is -5.13. The number of carbonyl (C=O) groups excluding carboxylic acids is 2. The second-order valence-electron chi connectivity index (χ2n) is 16.3. The van der Waals surface area contributed by atoms with Crippen molar-refractivity contribution in [2.24, 2.45) is 0 Å². The Morgan fingerprint density at radius 1 is 0.508 bits per heavy atom. The lowest BCUT2D eigenvalue weighted by atomic mass is 9.85. The first-order valence-corrected chi connectivity index (χ1v) is 24.9. The minimum atomic E-state index is -5.13. The van der Waals surface area contributed by atoms with Crippen molar-refractivity contribution in [3.63, 3.8) is 0 Å². The van der Waals surface area contributed by atoms with Crippen molar-refractivity contribution in [2.75, 3.05) is 13.2 Å². The SMILES string of the molecule is CCCCC/C=C/C/C=C/C/C=C/C/C=C/CCCC(=O)O[C@H](COC(=O)CCCCCCCCCCCCCCCCC)COP(=O)(O)OC1C(O)C(O)C(O)[C@H](O)C1O. The number of carbonyl (C=O) groups is 2. The van der Waals surface area contributed by atoms with Crippen LogP contribution in [0.2, 0.25) is 0 Å².